The monoisotopic (exact) mass is 295 g/mol. The van der Waals surface area contributed by atoms with Crippen LogP contribution < -0.4 is 5.32 Å². The minimum absolute atomic E-state index is 0.0219. The zero-order valence-corrected chi connectivity index (χ0v) is 12.8. The topological polar surface area (TPSA) is 68.0 Å². The molecule has 0 aliphatic rings. The van der Waals surface area contributed by atoms with E-state index in [-0.39, 0.29) is 5.91 Å². The molecule has 5 heteroatoms. The minimum Gasteiger partial charge on any atom is -0.418 e. The molecule has 0 saturated heterocycles. The summed E-state index contributed by atoms with van der Waals surface area (Å²) in [5.41, 5.74) is 2.40. The Balaban J connectivity index is 1.83. The summed E-state index contributed by atoms with van der Waals surface area (Å²) in [6.45, 7) is 5.63. The number of carbonyl (C=O) groups is 1. The zero-order valence-electron chi connectivity index (χ0n) is 12.8. The number of rotatable bonds is 2. The van der Waals surface area contributed by atoms with Crippen molar-refractivity contribution in [2.45, 2.75) is 20.8 Å². The second kappa shape index (κ2) is 5.26. The van der Waals surface area contributed by atoms with E-state index in [9.17, 15) is 4.79 Å². The molecule has 112 valence electrons. The molecule has 0 spiro atoms. The Morgan fingerprint density at radius 1 is 1.14 bits per heavy atom. The average Bonchev–Trinajstić information content (AvgIpc) is 2.91. The van der Waals surface area contributed by atoms with Gasteiger partial charge in [-0.25, -0.2) is 9.97 Å². The van der Waals surface area contributed by atoms with Crippen molar-refractivity contribution in [2.75, 3.05) is 5.32 Å². The Morgan fingerprint density at radius 3 is 2.50 bits per heavy atom. The van der Waals surface area contributed by atoms with E-state index in [1.165, 1.54) is 0 Å². The van der Waals surface area contributed by atoms with Crippen LogP contribution in [0.5, 0.6) is 0 Å². The normalized spacial score (nSPS) is 11.6. The van der Waals surface area contributed by atoms with Gasteiger partial charge in [-0.05, 0) is 36.4 Å². The highest BCUT2D eigenvalue weighted by Crippen LogP contribution is 2.25. The van der Waals surface area contributed by atoms with Crippen LogP contribution in [0.1, 0.15) is 20.8 Å². The molecule has 1 aromatic carbocycles. The number of nitrogens with one attached hydrogen (secondary N) is 1. The van der Waals surface area contributed by atoms with Crippen LogP contribution in [0.2, 0.25) is 0 Å². The maximum atomic E-state index is 12.0. The van der Waals surface area contributed by atoms with Crippen LogP contribution in [0.4, 0.5) is 5.69 Å². The molecular formula is C17H17N3O2. The molecule has 5 nitrogen and oxygen atoms in total. The molecular weight excluding hydrogens is 278 g/mol. The average molecular weight is 295 g/mol. The van der Waals surface area contributed by atoms with Crippen molar-refractivity contribution in [3.8, 4) is 11.5 Å². The first-order valence-electron chi connectivity index (χ1n) is 7.07. The number of nitrogens with zero attached hydrogens (tertiary/aromatic N) is 2. The highest BCUT2D eigenvalue weighted by Gasteiger charge is 2.21. The second-order valence-corrected chi connectivity index (χ2v) is 6.13. The third-order valence-corrected chi connectivity index (χ3v) is 3.24. The molecule has 2 heterocycles. The summed E-state index contributed by atoms with van der Waals surface area (Å²) >= 11 is 0. The predicted octanol–water partition coefficient (Wildman–Crippen LogP) is 3.87. The lowest BCUT2D eigenvalue weighted by Gasteiger charge is -2.17. The van der Waals surface area contributed by atoms with Gasteiger partial charge in [0.25, 0.3) is 0 Å². The lowest BCUT2D eigenvalue weighted by molar-refractivity contribution is -0.123. The Bertz CT molecular complexity index is 781. The largest absolute Gasteiger partial charge is 0.418 e. The van der Waals surface area contributed by atoms with E-state index < -0.39 is 5.41 Å². The predicted molar refractivity (Wildman–Crippen MR) is 85.3 cm³/mol. The smallest absolute Gasteiger partial charge is 0.247 e. The highest BCUT2D eigenvalue weighted by atomic mass is 16.4. The lowest BCUT2D eigenvalue weighted by atomic mass is 9.95. The molecule has 22 heavy (non-hydrogen) atoms. The third-order valence-electron chi connectivity index (χ3n) is 3.24. The zero-order chi connectivity index (χ0) is 15.7. The number of pyridine rings is 1. The lowest BCUT2D eigenvalue weighted by Crippen LogP contribution is -2.27. The fourth-order valence-electron chi connectivity index (χ4n) is 1.91. The van der Waals surface area contributed by atoms with Crippen LogP contribution in [0.15, 0.2) is 47.0 Å². The van der Waals surface area contributed by atoms with Crippen molar-refractivity contribution in [1.82, 2.24) is 9.97 Å². The molecule has 3 rings (SSSR count). The molecule has 0 aliphatic carbocycles. The summed E-state index contributed by atoms with van der Waals surface area (Å²) in [4.78, 5) is 20.5. The summed E-state index contributed by atoms with van der Waals surface area (Å²) in [6, 6.07) is 11.1. The van der Waals surface area contributed by atoms with Gasteiger partial charge in [0.1, 0.15) is 5.52 Å². The molecule has 0 aliphatic heterocycles. The number of carbonyl (C=O) groups excluding carboxylic acids is 1. The number of anilines is 1. The Morgan fingerprint density at radius 2 is 1.86 bits per heavy atom. The maximum absolute atomic E-state index is 12.0. The Hall–Kier alpha value is -2.69. The minimum atomic E-state index is -0.426. The molecule has 0 fully saturated rings. The van der Waals surface area contributed by atoms with E-state index in [1.807, 2.05) is 57.2 Å². The van der Waals surface area contributed by atoms with Crippen molar-refractivity contribution >= 4 is 22.8 Å². The van der Waals surface area contributed by atoms with Crippen molar-refractivity contribution in [3.05, 3.63) is 42.6 Å². The molecule has 1 N–H and O–H groups in total. The van der Waals surface area contributed by atoms with Crippen LogP contribution in [-0.2, 0) is 4.79 Å². The Labute approximate surface area is 128 Å². The molecule has 0 bridgehead atoms. The number of hydrogen-bond acceptors (Lipinski definition) is 4. The number of aromatic nitrogens is 2. The first-order chi connectivity index (χ1) is 10.4. The number of oxazole rings is 1. The summed E-state index contributed by atoms with van der Waals surface area (Å²) in [5.74, 6) is 0.494. The first-order valence-corrected chi connectivity index (χ1v) is 7.07. The van der Waals surface area contributed by atoms with Crippen molar-refractivity contribution in [3.63, 3.8) is 0 Å². The molecule has 0 atom stereocenters. The molecule has 0 radical (unpaired) electrons. The van der Waals surface area contributed by atoms with E-state index in [0.717, 1.165) is 16.8 Å². The fourth-order valence-corrected chi connectivity index (χ4v) is 1.91. The van der Waals surface area contributed by atoms with Crippen LogP contribution in [0.3, 0.4) is 0 Å². The van der Waals surface area contributed by atoms with E-state index >= 15 is 0 Å². The van der Waals surface area contributed by atoms with E-state index in [2.05, 4.69) is 15.3 Å². The van der Waals surface area contributed by atoms with Gasteiger partial charge in [-0.2, -0.15) is 0 Å². The maximum Gasteiger partial charge on any atom is 0.247 e. The van der Waals surface area contributed by atoms with Crippen molar-refractivity contribution in [2.24, 2.45) is 5.41 Å². The summed E-state index contributed by atoms with van der Waals surface area (Å²) in [5, 5.41) is 2.88. The van der Waals surface area contributed by atoms with Gasteiger partial charge in [-0.1, -0.05) is 20.8 Å². The fraction of sp³-hybridized carbons (Fsp3) is 0.235. The van der Waals surface area contributed by atoms with E-state index in [4.69, 9.17) is 4.42 Å². The quantitative estimate of drug-likeness (QED) is 0.779. The Kier molecular flexibility index (Phi) is 3.41. The molecule has 1 amide bonds. The number of amides is 1. The van der Waals surface area contributed by atoms with Gasteiger partial charge in [0.05, 0.1) is 0 Å². The SMILES string of the molecule is CC(C)(C)C(=O)Nc1ccc(-c2nc3cccnc3o2)cc1. The van der Waals surface area contributed by atoms with Crippen LogP contribution in [-0.4, -0.2) is 15.9 Å². The number of fused-ring (bicyclic) bond motifs is 1. The van der Waals surface area contributed by atoms with Crippen LogP contribution in [0, 0.1) is 5.41 Å². The van der Waals surface area contributed by atoms with Gasteiger partial charge in [-0.15, -0.1) is 0 Å². The summed E-state index contributed by atoms with van der Waals surface area (Å²) in [7, 11) is 0. The summed E-state index contributed by atoms with van der Waals surface area (Å²) < 4.78 is 5.62. The van der Waals surface area contributed by atoms with Gasteiger partial charge in [0, 0.05) is 22.9 Å². The van der Waals surface area contributed by atoms with Crippen LogP contribution >= 0.6 is 0 Å². The van der Waals surface area contributed by atoms with Gasteiger partial charge < -0.3 is 9.73 Å². The third kappa shape index (κ3) is 2.83. The van der Waals surface area contributed by atoms with Crippen molar-refractivity contribution < 1.29 is 9.21 Å². The number of benzene rings is 1. The number of hydrogen-bond donors (Lipinski definition) is 1. The van der Waals surface area contributed by atoms with Gasteiger partial charge >= 0.3 is 0 Å². The first kappa shape index (κ1) is 14.3. The van der Waals surface area contributed by atoms with Crippen LogP contribution in [0.25, 0.3) is 22.7 Å². The van der Waals surface area contributed by atoms with Gasteiger partial charge in [0.2, 0.25) is 17.5 Å². The van der Waals surface area contributed by atoms with Gasteiger partial charge in [0.15, 0.2) is 0 Å². The van der Waals surface area contributed by atoms with Crippen molar-refractivity contribution in [1.29, 1.82) is 0 Å². The van der Waals surface area contributed by atoms with E-state index in [1.54, 1.807) is 6.20 Å². The molecule has 2 aromatic heterocycles. The van der Waals surface area contributed by atoms with E-state index in [0.29, 0.717) is 11.6 Å². The van der Waals surface area contributed by atoms with Gasteiger partial charge in [-0.3, -0.25) is 4.79 Å². The standard InChI is InChI=1S/C17H17N3O2/c1-17(2,3)16(21)19-12-8-6-11(7-9-12)14-20-13-5-4-10-18-15(13)22-14/h4-10H,1-3H3,(H,19,21). The molecule has 0 unspecified atom stereocenters. The second-order valence-electron chi connectivity index (χ2n) is 6.13. The molecule has 0 saturated carbocycles. The summed E-state index contributed by atoms with van der Waals surface area (Å²) in [6.07, 6.45) is 1.67. The highest BCUT2D eigenvalue weighted by molar-refractivity contribution is 5.94. The molecule has 3 aromatic rings.